The van der Waals surface area contributed by atoms with E-state index in [1.165, 1.54) is 0 Å². The van der Waals surface area contributed by atoms with Crippen LogP contribution in [0, 0.1) is 5.92 Å². The molecule has 1 atom stereocenters. The van der Waals surface area contributed by atoms with Gasteiger partial charge in [-0.15, -0.1) is 0 Å². The Bertz CT molecular complexity index is 401. The van der Waals surface area contributed by atoms with E-state index in [-0.39, 0.29) is 12.3 Å². The second kappa shape index (κ2) is 5.80. The van der Waals surface area contributed by atoms with E-state index in [0.29, 0.717) is 6.42 Å². The first-order chi connectivity index (χ1) is 7.52. The van der Waals surface area contributed by atoms with Crippen LogP contribution in [0.3, 0.4) is 0 Å². The van der Waals surface area contributed by atoms with Crippen molar-refractivity contribution in [1.29, 1.82) is 0 Å². The highest BCUT2D eigenvalue weighted by molar-refractivity contribution is 9.10. The number of rotatable bonds is 5. The predicted molar refractivity (Wildman–Crippen MR) is 64.4 cm³/mol. The number of hydrogen-bond acceptors (Lipinski definition) is 2. The summed E-state index contributed by atoms with van der Waals surface area (Å²) in [5.41, 5.74) is 1.72. The fourth-order valence-electron chi connectivity index (χ4n) is 1.47. The third-order valence-electron chi connectivity index (χ3n) is 2.24. The molecule has 1 aromatic carbocycles. The first-order valence-corrected chi connectivity index (χ1v) is 5.76. The van der Waals surface area contributed by atoms with Crippen LogP contribution in [0.1, 0.15) is 18.1 Å². The Morgan fingerprint density at radius 1 is 1.56 bits per heavy atom. The first-order valence-electron chi connectivity index (χ1n) is 4.97. The molecule has 0 saturated heterocycles. The van der Waals surface area contributed by atoms with Crippen molar-refractivity contribution < 1.29 is 14.7 Å². The van der Waals surface area contributed by atoms with Gasteiger partial charge in [0, 0.05) is 10.4 Å². The van der Waals surface area contributed by atoms with Gasteiger partial charge in [0.15, 0.2) is 0 Å². The first kappa shape index (κ1) is 12.9. The van der Waals surface area contributed by atoms with Gasteiger partial charge in [0.2, 0.25) is 0 Å². The van der Waals surface area contributed by atoms with Crippen molar-refractivity contribution in [3.8, 4) is 0 Å². The van der Waals surface area contributed by atoms with Crippen LogP contribution in [0.15, 0.2) is 22.7 Å². The molecule has 3 nitrogen and oxygen atoms in total. The van der Waals surface area contributed by atoms with Gasteiger partial charge < -0.3 is 9.90 Å². The van der Waals surface area contributed by atoms with Gasteiger partial charge in [-0.25, -0.2) is 0 Å². The number of aliphatic carboxylic acids is 1. The molecule has 1 N–H and O–H groups in total. The molecule has 1 unspecified atom stereocenters. The zero-order chi connectivity index (χ0) is 12.1. The summed E-state index contributed by atoms with van der Waals surface area (Å²) in [6.07, 6.45) is 1.53. The van der Waals surface area contributed by atoms with Crippen molar-refractivity contribution in [2.45, 2.75) is 19.8 Å². The fourth-order valence-corrected chi connectivity index (χ4v) is 1.86. The van der Waals surface area contributed by atoms with E-state index in [2.05, 4.69) is 15.9 Å². The van der Waals surface area contributed by atoms with E-state index in [0.717, 1.165) is 21.9 Å². The molecular weight excluding hydrogens is 272 g/mol. The highest BCUT2D eigenvalue weighted by Gasteiger charge is 2.08. The minimum absolute atomic E-state index is 0.0100. The quantitative estimate of drug-likeness (QED) is 0.845. The molecule has 0 amide bonds. The van der Waals surface area contributed by atoms with Crippen LogP contribution >= 0.6 is 15.9 Å². The number of benzene rings is 1. The SMILES string of the molecule is CC(C=O)Cc1ccc(Br)c(CC(=O)O)c1. The van der Waals surface area contributed by atoms with E-state index < -0.39 is 5.97 Å². The van der Waals surface area contributed by atoms with Gasteiger partial charge in [-0.1, -0.05) is 35.0 Å². The van der Waals surface area contributed by atoms with E-state index >= 15 is 0 Å². The molecule has 86 valence electrons. The van der Waals surface area contributed by atoms with Crippen LogP contribution in [-0.2, 0) is 22.4 Å². The van der Waals surface area contributed by atoms with Crippen LogP contribution in [0.25, 0.3) is 0 Å². The van der Waals surface area contributed by atoms with Crippen molar-refractivity contribution in [1.82, 2.24) is 0 Å². The van der Waals surface area contributed by atoms with Gasteiger partial charge in [-0.05, 0) is 23.6 Å². The maximum absolute atomic E-state index is 10.6. The van der Waals surface area contributed by atoms with Crippen LogP contribution in [0.5, 0.6) is 0 Å². The molecule has 0 aromatic heterocycles. The monoisotopic (exact) mass is 284 g/mol. The van der Waals surface area contributed by atoms with E-state index in [1.807, 2.05) is 25.1 Å². The van der Waals surface area contributed by atoms with Gasteiger partial charge in [0.05, 0.1) is 6.42 Å². The normalized spacial score (nSPS) is 12.1. The molecule has 0 bridgehead atoms. The van der Waals surface area contributed by atoms with Crippen molar-refractivity contribution in [3.05, 3.63) is 33.8 Å². The van der Waals surface area contributed by atoms with Gasteiger partial charge >= 0.3 is 5.97 Å². The third kappa shape index (κ3) is 3.77. The number of halogens is 1. The number of carboxylic acid groups (broad SMARTS) is 1. The number of carbonyl (C=O) groups is 2. The summed E-state index contributed by atoms with van der Waals surface area (Å²) in [5, 5.41) is 8.73. The number of carboxylic acids is 1. The Hall–Kier alpha value is -1.16. The molecule has 0 fully saturated rings. The van der Waals surface area contributed by atoms with E-state index in [9.17, 15) is 9.59 Å². The smallest absolute Gasteiger partial charge is 0.307 e. The van der Waals surface area contributed by atoms with Gasteiger partial charge in [-0.3, -0.25) is 4.79 Å². The molecule has 4 heteroatoms. The van der Waals surface area contributed by atoms with Crippen LogP contribution in [0.2, 0.25) is 0 Å². The van der Waals surface area contributed by atoms with Crippen LogP contribution < -0.4 is 0 Å². The largest absolute Gasteiger partial charge is 0.481 e. The van der Waals surface area contributed by atoms with Crippen molar-refractivity contribution in [2.24, 2.45) is 5.92 Å². The average molecular weight is 285 g/mol. The highest BCUT2D eigenvalue weighted by Crippen LogP contribution is 2.20. The van der Waals surface area contributed by atoms with Crippen molar-refractivity contribution in [3.63, 3.8) is 0 Å². The Balaban J connectivity index is 2.88. The molecule has 1 aromatic rings. The highest BCUT2D eigenvalue weighted by atomic mass is 79.9. The summed E-state index contributed by atoms with van der Waals surface area (Å²) < 4.78 is 0.789. The Kier molecular flexibility index (Phi) is 4.68. The van der Waals surface area contributed by atoms with Gasteiger partial charge in [0.1, 0.15) is 6.29 Å². The summed E-state index contributed by atoms with van der Waals surface area (Å²) in [4.78, 5) is 21.2. The topological polar surface area (TPSA) is 54.4 Å². The van der Waals surface area contributed by atoms with Crippen molar-refractivity contribution in [2.75, 3.05) is 0 Å². The average Bonchev–Trinajstić information content (AvgIpc) is 2.22. The lowest BCUT2D eigenvalue weighted by Crippen LogP contribution is -2.04. The Morgan fingerprint density at radius 3 is 2.81 bits per heavy atom. The zero-order valence-electron chi connectivity index (χ0n) is 8.94. The summed E-state index contributed by atoms with van der Waals surface area (Å²) in [6, 6.07) is 5.55. The van der Waals surface area contributed by atoms with Crippen LogP contribution in [-0.4, -0.2) is 17.4 Å². The maximum Gasteiger partial charge on any atom is 0.307 e. The Morgan fingerprint density at radius 2 is 2.25 bits per heavy atom. The molecule has 1 rings (SSSR count). The lowest BCUT2D eigenvalue weighted by Gasteiger charge is -2.07. The molecule has 0 radical (unpaired) electrons. The molecule has 0 aliphatic rings. The third-order valence-corrected chi connectivity index (χ3v) is 3.02. The molecule has 0 aliphatic heterocycles. The zero-order valence-corrected chi connectivity index (χ0v) is 10.5. The summed E-state index contributed by atoms with van der Waals surface area (Å²) in [7, 11) is 0. The number of hydrogen-bond donors (Lipinski definition) is 1. The second-order valence-electron chi connectivity index (χ2n) is 3.81. The van der Waals surface area contributed by atoms with Gasteiger partial charge in [0.25, 0.3) is 0 Å². The van der Waals surface area contributed by atoms with Gasteiger partial charge in [-0.2, -0.15) is 0 Å². The summed E-state index contributed by atoms with van der Waals surface area (Å²) >= 11 is 3.31. The Labute approximate surface area is 103 Å². The summed E-state index contributed by atoms with van der Waals surface area (Å²) in [5.74, 6) is -0.903. The molecule has 0 saturated carbocycles. The molecule has 0 spiro atoms. The van der Waals surface area contributed by atoms with E-state index in [4.69, 9.17) is 5.11 Å². The lowest BCUT2D eigenvalue weighted by molar-refractivity contribution is -0.136. The molecular formula is C12H13BrO3. The minimum Gasteiger partial charge on any atom is -0.481 e. The molecule has 0 aliphatic carbocycles. The van der Waals surface area contributed by atoms with Crippen LogP contribution in [0.4, 0.5) is 0 Å². The fraction of sp³-hybridized carbons (Fsp3) is 0.333. The molecule has 0 heterocycles. The van der Waals surface area contributed by atoms with E-state index in [1.54, 1.807) is 0 Å². The van der Waals surface area contributed by atoms with Crippen molar-refractivity contribution >= 4 is 28.2 Å². The second-order valence-corrected chi connectivity index (χ2v) is 4.67. The predicted octanol–water partition coefficient (Wildman–Crippen LogP) is 2.45. The number of aldehydes is 1. The standard InChI is InChI=1S/C12H13BrO3/c1-8(7-14)4-9-2-3-11(13)10(5-9)6-12(15)16/h2-3,5,7-8H,4,6H2,1H3,(H,15,16). The number of carbonyl (C=O) groups excluding carboxylic acids is 1. The lowest BCUT2D eigenvalue weighted by atomic mass is 10.00. The summed E-state index contributed by atoms with van der Waals surface area (Å²) in [6.45, 7) is 1.84. The minimum atomic E-state index is -0.860. The maximum atomic E-state index is 10.6. The molecule has 16 heavy (non-hydrogen) atoms.